The Balaban J connectivity index is 1.74. The van der Waals surface area contributed by atoms with Crippen molar-refractivity contribution in [2.45, 2.75) is 19.4 Å². The molecule has 1 aliphatic heterocycles. The minimum atomic E-state index is 0.412. The fourth-order valence-corrected chi connectivity index (χ4v) is 3.04. The first-order chi connectivity index (χ1) is 12.5. The minimum Gasteiger partial charge on any atom is -0.493 e. The number of guanidine groups is 1. The highest BCUT2D eigenvalue weighted by Crippen LogP contribution is 2.27. The molecule has 0 saturated carbocycles. The van der Waals surface area contributed by atoms with Crippen molar-refractivity contribution in [2.75, 3.05) is 60.5 Å². The average molecular weight is 364 g/mol. The van der Waals surface area contributed by atoms with E-state index in [0.717, 1.165) is 62.8 Å². The Morgan fingerprint density at radius 3 is 2.54 bits per heavy atom. The molecule has 1 aliphatic rings. The molecule has 26 heavy (non-hydrogen) atoms. The van der Waals surface area contributed by atoms with Gasteiger partial charge in [-0.25, -0.2) is 0 Å². The molecule has 1 fully saturated rings. The van der Waals surface area contributed by atoms with Crippen LogP contribution in [0.4, 0.5) is 0 Å². The summed E-state index contributed by atoms with van der Waals surface area (Å²) in [5, 5.41) is 3.19. The Kier molecular flexibility index (Phi) is 8.00. The van der Waals surface area contributed by atoms with Crippen molar-refractivity contribution in [2.24, 2.45) is 10.7 Å². The highest BCUT2D eigenvalue weighted by atomic mass is 16.5. The second kappa shape index (κ2) is 10.2. The normalized spacial score (nSPS) is 17.8. The van der Waals surface area contributed by atoms with Crippen LogP contribution in [0, 0.1) is 0 Å². The lowest BCUT2D eigenvalue weighted by atomic mass is 10.1. The van der Waals surface area contributed by atoms with Gasteiger partial charge in [-0.15, -0.1) is 0 Å². The van der Waals surface area contributed by atoms with Crippen molar-refractivity contribution < 1.29 is 9.47 Å². The predicted molar refractivity (Wildman–Crippen MR) is 106 cm³/mol. The highest BCUT2D eigenvalue weighted by molar-refractivity contribution is 5.77. The molecule has 0 spiro atoms. The number of aliphatic imine (C=N–C) groups is 1. The van der Waals surface area contributed by atoms with Gasteiger partial charge in [0.2, 0.25) is 0 Å². The molecule has 146 valence electrons. The van der Waals surface area contributed by atoms with E-state index in [1.54, 1.807) is 14.2 Å². The average Bonchev–Trinajstić information content (AvgIpc) is 2.66. The lowest BCUT2D eigenvalue weighted by Gasteiger charge is -2.35. The molecular weight excluding hydrogens is 330 g/mol. The lowest BCUT2D eigenvalue weighted by Crippen LogP contribution is -2.49. The van der Waals surface area contributed by atoms with Crippen molar-refractivity contribution in [3.63, 3.8) is 0 Å². The van der Waals surface area contributed by atoms with Crippen LogP contribution in [0.2, 0.25) is 0 Å². The van der Waals surface area contributed by atoms with Crippen LogP contribution in [0.1, 0.15) is 12.5 Å². The fraction of sp³-hybridized carbons (Fsp3) is 0.632. The van der Waals surface area contributed by atoms with Gasteiger partial charge in [-0.1, -0.05) is 6.07 Å². The van der Waals surface area contributed by atoms with E-state index >= 15 is 0 Å². The molecule has 1 unspecified atom stereocenters. The number of hydrogen-bond acceptors (Lipinski definition) is 5. The topological polar surface area (TPSA) is 75.4 Å². The maximum atomic E-state index is 6.01. The fourth-order valence-electron chi connectivity index (χ4n) is 3.04. The second-order valence-electron chi connectivity index (χ2n) is 6.78. The van der Waals surface area contributed by atoms with Crippen LogP contribution in [0.15, 0.2) is 23.2 Å². The number of nitrogens with two attached hydrogens (primary N) is 1. The molecule has 0 aliphatic carbocycles. The van der Waals surface area contributed by atoms with Gasteiger partial charge in [0, 0.05) is 38.8 Å². The molecule has 1 saturated heterocycles. The SMILES string of the molecule is COc1ccc(CCNC(N)=NCC(C)N2CCN(C)CC2)cc1OC. The molecular formula is C19H33N5O2. The van der Waals surface area contributed by atoms with E-state index < -0.39 is 0 Å². The molecule has 2 rings (SSSR count). The van der Waals surface area contributed by atoms with Gasteiger partial charge in [0.15, 0.2) is 17.5 Å². The van der Waals surface area contributed by atoms with Crippen molar-refractivity contribution in [1.29, 1.82) is 0 Å². The molecule has 1 atom stereocenters. The summed E-state index contributed by atoms with van der Waals surface area (Å²) in [6, 6.07) is 6.35. The summed E-state index contributed by atoms with van der Waals surface area (Å²) in [6.45, 7) is 8.10. The summed E-state index contributed by atoms with van der Waals surface area (Å²) in [7, 11) is 5.45. The number of nitrogens with zero attached hydrogens (tertiary/aromatic N) is 3. The minimum absolute atomic E-state index is 0.412. The molecule has 7 nitrogen and oxygen atoms in total. The summed E-state index contributed by atoms with van der Waals surface area (Å²) in [4.78, 5) is 9.32. The van der Waals surface area contributed by atoms with Crippen LogP contribution in [0.5, 0.6) is 11.5 Å². The molecule has 0 aromatic heterocycles. The third-order valence-corrected chi connectivity index (χ3v) is 4.85. The molecule has 1 aromatic carbocycles. The van der Waals surface area contributed by atoms with Gasteiger partial charge in [0.05, 0.1) is 20.8 Å². The Morgan fingerprint density at radius 2 is 1.88 bits per heavy atom. The van der Waals surface area contributed by atoms with E-state index in [0.29, 0.717) is 12.0 Å². The van der Waals surface area contributed by atoms with E-state index in [4.69, 9.17) is 15.2 Å². The number of piperazine rings is 1. The van der Waals surface area contributed by atoms with Gasteiger partial charge in [-0.05, 0) is 38.1 Å². The van der Waals surface area contributed by atoms with Crippen molar-refractivity contribution >= 4 is 5.96 Å². The van der Waals surface area contributed by atoms with E-state index in [9.17, 15) is 0 Å². The monoisotopic (exact) mass is 363 g/mol. The van der Waals surface area contributed by atoms with E-state index in [1.165, 1.54) is 0 Å². The molecule has 0 radical (unpaired) electrons. The molecule has 7 heteroatoms. The third-order valence-electron chi connectivity index (χ3n) is 4.85. The van der Waals surface area contributed by atoms with Crippen LogP contribution in [0.3, 0.4) is 0 Å². The maximum absolute atomic E-state index is 6.01. The molecule has 0 amide bonds. The van der Waals surface area contributed by atoms with Crippen LogP contribution >= 0.6 is 0 Å². The number of likely N-dealkylation sites (N-methyl/N-ethyl adjacent to an activating group) is 1. The summed E-state index contributed by atoms with van der Waals surface area (Å²) >= 11 is 0. The zero-order valence-corrected chi connectivity index (χ0v) is 16.5. The summed E-state index contributed by atoms with van der Waals surface area (Å²) in [6.07, 6.45) is 0.838. The smallest absolute Gasteiger partial charge is 0.188 e. The van der Waals surface area contributed by atoms with Crippen LogP contribution in [0.25, 0.3) is 0 Å². The first-order valence-corrected chi connectivity index (χ1v) is 9.20. The molecule has 1 heterocycles. The largest absolute Gasteiger partial charge is 0.493 e. The highest BCUT2D eigenvalue weighted by Gasteiger charge is 2.18. The Bertz CT molecular complexity index is 585. The third kappa shape index (κ3) is 6.07. The quantitative estimate of drug-likeness (QED) is 0.525. The zero-order valence-electron chi connectivity index (χ0n) is 16.5. The van der Waals surface area contributed by atoms with Gasteiger partial charge in [0.1, 0.15) is 0 Å². The van der Waals surface area contributed by atoms with Gasteiger partial charge >= 0.3 is 0 Å². The number of hydrogen-bond donors (Lipinski definition) is 2. The number of rotatable bonds is 8. The zero-order chi connectivity index (χ0) is 18.9. The van der Waals surface area contributed by atoms with Crippen molar-refractivity contribution in [3.8, 4) is 11.5 Å². The van der Waals surface area contributed by atoms with Crippen LogP contribution < -0.4 is 20.5 Å². The Morgan fingerprint density at radius 1 is 1.19 bits per heavy atom. The lowest BCUT2D eigenvalue weighted by molar-refractivity contribution is 0.122. The van der Waals surface area contributed by atoms with E-state index in [1.807, 2.05) is 18.2 Å². The van der Waals surface area contributed by atoms with Gasteiger partial charge < -0.3 is 25.4 Å². The number of benzene rings is 1. The van der Waals surface area contributed by atoms with Gasteiger partial charge in [0.25, 0.3) is 0 Å². The van der Waals surface area contributed by atoms with Gasteiger partial charge in [-0.2, -0.15) is 0 Å². The molecule has 3 N–H and O–H groups in total. The summed E-state index contributed by atoms with van der Waals surface area (Å²) in [5.74, 6) is 1.99. The van der Waals surface area contributed by atoms with E-state index in [2.05, 4.69) is 34.1 Å². The first-order valence-electron chi connectivity index (χ1n) is 9.20. The number of ether oxygens (including phenoxy) is 2. The first kappa shape index (κ1) is 20.3. The Labute approximate surface area is 157 Å². The van der Waals surface area contributed by atoms with Gasteiger partial charge in [-0.3, -0.25) is 9.89 Å². The molecule has 1 aromatic rings. The predicted octanol–water partition coefficient (Wildman–Crippen LogP) is 0.787. The Hall–Kier alpha value is -1.99. The number of nitrogens with one attached hydrogen (secondary N) is 1. The summed E-state index contributed by atoms with van der Waals surface area (Å²) in [5.41, 5.74) is 7.17. The van der Waals surface area contributed by atoms with Crippen LogP contribution in [-0.4, -0.2) is 82.3 Å². The standard InChI is InChI=1S/C19H33N5O2/c1-15(24-11-9-23(2)10-12-24)14-22-19(20)21-8-7-16-5-6-17(25-3)18(13-16)26-4/h5-6,13,15H,7-12,14H2,1-4H3,(H3,20,21,22). The summed E-state index contributed by atoms with van der Waals surface area (Å²) < 4.78 is 10.6. The van der Waals surface area contributed by atoms with Crippen molar-refractivity contribution in [3.05, 3.63) is 23.8 Å². The number of methoxy groups -OCH3 is 2. The van der Waals surface area contributed by atoms with E-state index in [-0.39, 0.29) is 0 Å². The molecule has 0 bridgehead atoms. The van der Waals surface area contributed by atoms with Crippen molar-refractivity contribution in [1.82, 2.24) is 15.1 Å². The maximum Gasteiger partial charge on any atom is 0.188 e. The van der Waals surface area contributed by atoms with Crippen LogP contribution in [-0.2, 0) is 6.42 Å². The second-order valence-corrected chi connectivity index (χ2v) is 6.78.